The molecule has 5 nitrogen and oxygen atoms in total. The van der Waals surface area contributed by atoms with Gasteiger partial charge in [0.15, 0.2) is 0 Å². The maximum atomic E-state index is 13.9. The molecule has 2 bridgehead atoms. The second-order valence-corrected chi connectivity index (χ2v) is 14.4. The van der Waals surface area contributed by atoms with Gasteiger partial charge in [0.1, 0.15) is 0 Å². The number of aromatic nitrogens is 1. The summed E-state index contributed by atoms with van der Waals surface area (Å²) in [6, 6.07) is 24.9. The van der Waals surface area contributed by atoms with Gasteiger partial charge in [0.2, 0.25) is 11.8 Å². The summed E-state index contributed by atoms with van der Waals surface area (Å²) in [7, 11) is 0. The summed E-state index contributed by atoms with van der Waals surface area (Å²) in [4.78, 5) is 43.8. The van der Waals surface area contributed by atoms with E-state index in [4.69, 9.17) is 23.2 Å². The fourth-order valence-electron chi connectivity index (χ4n) is 7.91. The van der Waals surface area contributed by atoms with Crippen LogP contribution in [-0.4, -0.2) is 21.6 Å². The monoisotopic (exact) mass is 618 g/mol. The molecule has 4 aliphatic rings. The van der Waals surface area contributed by atoms with Crippen LogP contribution in [0.25, 0.3) is 0 Å². The molecule has 41 heavy (non-hydrogen) atoms. The maximum absolute atomic E-state index is 13.9. The Kier molecular flexibility index (Phi) is 6.05. The summed E-state index contributed by atoms with van der Waals surface area (Å²) in [5.74, 6) is -0.649. The molecule has 7 atom stereocenters. The van der Waals surface area contributed by atoms with Gasteiger partial charge in [0.05, 0.1) is 29.1 Å². The van der Waals surface area contributed by atoms with Crippen molar-refractivity contribution in [3.05, 3.63) is 115 Å². The number of carbonyl (C=O) groups is 2. The molecule has 2 saturated carbocycles. The second-order valence-electron chi connectivity index (χ2n) is 11.4. The van der Waals surface area contributed by atoms with Crippen LogP contribution in [0.1, 0.15) is 28.3 Å². The molecule has 2 aliphatic carbocycles. The number of hydrogen-bond donors (Lipinski definition) is 0. The molecular weight excluding hydrogens is 595 g/mol. The Morgan fingerprint density at radius 2 is 1.41 bits per heavy atom. The van der Waals surface area contributed by atoms with Crippen LogP contribution in [0.2, 0.25) is 10.0 Å². The number of anilines is 1. The zero-order valence-corrected chi connectivity index (χ0v) is 24.8. The number of amides is 2. The molecule has 206 valence electrons. The molecule has 0 N–H and O–H groups in total. The van der Waals surface area contributed by atoms with Crippen molar-refractivity contribution in [1.82, 2.24) is 4.57 Å². The Morgan fingerprint density at radius 3 is 2.10 bits per heavy atom. The van der Waals surface area contributed by atoms with Crippen molar-refractivity contribution in [2.24, 2.45) is 29.6 Å². The van der Waals surface area contributed by atoms with E-state index in [1.807, 2.05) is 47.0 Å². The number of nitrogens with zero attached hydrogens (tertiary/aromatic N) is 2. The first-order chi connectivity index (χ1) is 19.9. The van der Waals surface area contributed by atoms with Gasteiger partial charge in [-0.3, -0.25) is 23.9 Å². The van der Waals surface area contributed by atoms with Crippen LogP contribution in [-0.2, 0) is 16.1 Å². The third-order valence-corrected chi connectivity index (χ3v) is 12.7. The Balaban J connectivity index is 1.23. The zero-order chi connectivity index (χ0) is 28.0. The summed E-state index contributed by atoms with van der Waals surface area (Å²) in [5.41, 5.74) is 2.76. The highest BCUT2D eigenvalue weighted by molar-refractivity contribution is 8.00. The average Bonchev–Trinajstić information content (AvgIpc) is 3.69. The molecule has 1 saturated heterocycles. The van der Waals surface area contributed by atoms with E-state index in [0.717, 1.165) is 27.5 Å². The summed E-state index contributed by atoms with van der Waals surface area (Å²) in [5, 5.41) is 2.36. The third-order valence-electron chi connectivity index (χ3n) is 9.45. The topological polar surface area (TPSA) is 59.4 Å². The minimum Gasteiger partial charge on any atom is -0.289 e. The molecule has 3 fully saturated rings. The van der Waals surface area contributed by atoms with E-state index in [2.05, 4.69) is 12.1 Å². The number of thiazole rings is 1. The summed E-state index contributed by atoms with van der Waals surface area (Å²) < 4.78 is 1.91. The number of carbonyl (C=O) groups excluding carboxylic acids is 2. The minimum absolute atomic E-state index is 0.0268. The molecule has 0 unspecified atom stereocenters. The van der Waals surface area contributed by atoms with Gasteiger partial charge in [-0.1, -0.05) is 77.0 Å². The van der Waals surface area contributed by atoms with E-state index < -0.39 is 0 Å². The normalized spacial score (nSPS) is 29.5. The molecule has 9 heteroatoms. The number of rotatable bonds is 4. The van der Waals surface area contributed by atoms with Crippen molar-refractivity contribution in [3.63, 3.8) is 0 Å². The van der Waals surface area contributed by atoms with E-state index in [1.54, 1.807) is 36.0 Å². The van der Waals surface area contributed by atoms with Crippen LogP contribution < -0.4 is 9.77 Å². The van der Waals surface area contributed by atoms with Crippen LogP contribution in [0.5, 0.6) is 0 Å². The molecule has 8 rings (SSSR count). The van der Waals surface area contributed by atoms with E-state index in [1.165, 1.54) is 16.2 Å². The molecule has 2 amide bonds. The van der Waals surface area contributed by atoms with Crippen molar-refractivity contribution in [3.8, 4) is 0 Å². The Morgan fingerprint density at radius 1 is 0.780 bits per heavy atom. The van der Waals surface area contributed by atoms with Gasteiger partial charge in [0, 0.05) is 26.1 Å². The molecule has 3 heterocycles. The first-order valence-electron chi connectivity index (χ1n) is 13.7. The molecular formula is C32H24Cl2N2O3S2. The fraction of sp³-hybridized carbons (Fsp3) is 0.281. The number of halogens is 2. The number of thioether (sulfide) groups is 1. The Bertz CT molecular complexity index is 1750. The predicted molar refractivity (Wildman–Crippen MR) is 163 cm³/mol. The largest absolute Gasteiger partial charge is 0.308 e. The standard InChI is InChI=1S/C32H24Cl2N2O3S2/c33-18-8-6-17(7-9-18)23-24-21-14-22(26-25(21)29(37)36(30(26)38)20-12-10-19(34)11-13-20)27(24)40-31-28(23)41-32(39)35(31)15-16-4-2-1-3-5-16/h1-13,21-27H,14-15H2/t21-,22+,23+,24+,25+,26+,27-/m0/s1. The lowest BCUT2D eigenvalue weighted by Gasteiger charge is -2.43. The van der Waals surface area contributed by atoms with Crippen molar-refractivity contribution < 1.29 is 9.59 Å². The van der Waals surface area contributed by atoms with Crippen LogP contribution in [0, 0.1) is 29.6 Å². The maximum Gasteiger partial charge on any atom is 0.308 e. The third kappa shape index (κ3) is 3.86. The molecule has 0 spiro atoms. The van der Waals surface area contributed by atoms with Gasteiger partial charge in [0.25, 0.3) is 0 Å². The van der Waals surface area contributed by atoms with Crippen molar-refractivity contribution in [2.75, 3.05) is 4.90 Å². The second kappa shape index (κ2) is 9.60. The van der Waals surface area contributed by atoms with Crippen LogP contribution in [0.15, 0.2) is 88.7 Å². The van der Waals surface area contributed by atoms with Crippen LogP contribution in [0.4, 0.5) is 5.69 Å². The van der Waals surface area contributed by atoms with Crippen molar-refractivity contribution >= 4 is 63.8 Å². The highest BCUT2D eigenvalue weighted by atomic mass is 35.5. The Labute approximate surface area is 255 Å². The quantitative estimate of drug-likeness (QED) is 0.232. The first kappa shape index (κ1) is 25.8. The first-order valence-corrected chi connectivity index (χ1v) is 16.2. The highest BCUT2D eigenvalue weighted by Gasteiger charge is 2.69. The zero-order valence-electron chi connectivity index (χ0n) is 21.7. The minimum atomic E-state index is -0.343. The predicted octanol–water partition coefficient (Wildman–Crippen LogP) is 6.94. The lowest BCUT2D eigenvalue weighted by atomic mass is 9.68. The van der Waals surface area contributed by atoms with Crippen LogP contribution in [0.3, 0.4) is 0 Å². The van der Waals surface area contributed by atoms with E-state index >= 15 is 0 Å². The lowest BCUT2D eigenvalue weighted by Crippen LogP contribution is -2.43. The van der Waals surface area contributed by atoms with Gasteiger partial charge < -0.3 is 0 Å². The average molecular weight is 620 g/mol. The molecule has 4 aromatic rings. The highest BCUT2D eigenvalue weighted by Crippen LogP contribution is 2.69. The molecule has 3 aromatic carbocycles. The summed E-state index contributed by atoms with van der Waals surface area (Å²) in [6.07, 6.45) is 0.853. The van der Waals surface area contributed by atoms with E-state index in [-0.39, 0.29) is 57.4 Å². The van der Waals surface area contributed by atoms with E-state index in [9.17, 15) is 14.4 Å². The fourth-order valence-corrected chi connectivity index (χ4v) is 11.3. The molecule has 0 radical (unpaired) electrons. The van der Waals surface area contributed by atoms with Gasteiger partial charge in [-0.05, 0) is 71.7 Å². The van der Waals surface area contributed by atoms with Crippen molar-refractivity contribution in [2.45, 2.75) is 29.2 Å². The van der Waals surface area contributed by atoms with Gasteiger partial charge in [-0.25, -0.2) is 0 Å². The number of hydrogen-bond acceptors (Lipinski definition) is 5. The lowest BCUT2D eigenvalue weighted by molar-refractivity contribution is -0.123. The summed E-state index contributed by atoms with van der Waals surface area (Å²) >= 11 is 15.5. The van der Waals surface area contributed by atoms with Gasteiger partial charge in [-0.2, -0.15) is 0 Å². The molecule has 1 aromatic heterocycles. The van der Waals surface area contributed by atoms with Crippen LogP contribution >= 0.6 is 46.3 Å². The van der Waals surface area contributed by atoms with E-state index in [0.29, 0.717) is 22.3 Å². The molecule has 2 aliphatic heterocycles. The Hall–Kier alpha value is -2.84. The van der Waals surface area contributed by atoms with Crippen molar-refractivity contribution in [1.29, 1.82) is 0 Å². The van der Waals surface area contributed by atoms with Gasteiger partial charge in [-0.15, -0.1) is 11.8 Å². The SMILES string of the molecule is O=C1[C@@H]2[C@H]3C[C@@H]([C@@H]4Sc5c(sc(=O)n5Cc5ccccc5)[C@H](c5ccc(Cl)cc5)[C@@H]34)[C@H]2C(=O)N1c1ccc(Cl)cc1. The number of imide groups is 1. The summed E-state index contributed by atoms with van der Waals surface area (Å²) in [6.45, 7) is 0.505. The number of benzene rings is 3. The number of fused-ring (bicyclic) bond motifs is 9. The smallest absolute Gasteiger partial charge is 0.289 e. The van der Waals surface area contributed by atoms with Gasteiger partial charge >= 0.3 is 4.87 Å².